The van der Waals surface area contributed by atoms with Gasteiger partial charge in [0.05, 0.1) is 0 Å². The molecule has 0 amide bonds. The number of aryl methyl sites for hydroxylation is 1. The second-order valence-corrected chi connectivity index (χ2v) is 3.00. The minimum Gasteiger partial charge on any atom is -0.298 e. The number of hydrogen-bond donors (Lipinski definition) is 0. The molecule has 0 aliphatic heterocycles. The maximum absolute atomic E-state index is 10.3. The van der Waals surface area contributed by atoms with Crippen molar-refractivity contribution in [3.63, 3.8) is 0 Å². The molecule has 0 saturated carbocycles. The first-order chi connectivity index (χ1) is 5.74. The number of rotatable bonds is 1. The molecule has 66 valence electrons. The Morgan fingerprint density at radius 2 is 1.92 bits per heavy atom. The maximum Gasteiger partial charge on any atom is 0.151 e. The van der Waals surface area contributed by atoms with E-state index in [1.165, 1.54) is 0 Å². The molecule has 0 atom stereocenters. The summed E-state index contributed by atoms with van der Waals surface area (Å²) >= 11 is 3.28. The Bertz CT molecular complexity index is 256. The molecule has 0 spiro atoms. The normalized spacial score (nSPS) is 8.33. The predicted molar refractivity (Wildman–Crippen MR) is 55.6 cm³/mol. The maximum atomic E-state index is 10.3. The van der Waals surface area contributed by atoms with Crippen molar-refractivity contribution in [3.05, 3.63) is 33.8 Å². The molecule has 0 saturated heterocycles. The Balaban J connectivity index is 0.000000561. The van der Waals surface area contributed by atoms with Crippen molar-refractivity contribution >= 4 is 22.2 Å². The van der Waals surface area contributed by atoms with Crippen LogP contribution in [0, 0.1) is 6.92 Å². The number of benzene rings is 1. The summed E-state index contributed by atoms with van der Waals surface area (Å²) in [6.07, 6.45) is 0.837. The summed E-state index contributed by atoms with van der Waals surface area (Å²) < 4.78 is 0.863. The third-order valence-electron chi connectivity index (χ3n) is 1.28. The first-order valence-electron chi connectivity index (χ1n) is 3.95. The van der Waals surface area contributed by atoms with Gasteiger partial charge in [0.25, 0.3) is 0 Å². The Hall–Kier alpha value is -0.630. The molecule has 2 heteroatoms. The molecule has 0 bridgehead atoms. The molecular formula is C10H13BrO. The highest BCUT2D eigenvalue weighted by molar-refractivity contribution is 9.10. The van der Waals surface area contributed by atoms with Gasteiger partial charge in [-0.15, -0.1) is 0 Å². The van der Waals surface area contributed by atoms with E-state index in [1.54, 1.807) is 6.07 Å². The summed E-state index contributed by atoms with van der Waals surface area (Å²) in [6, 6.07) is 5.63. The fourth-order valence-electron chi connectivity index (χ4n) is 0.728. The summed E-state index contributed by atoms with van der Waals surface area (Å²) in [7, 11) is 0. The summed E-state index contributed by atoms with van der Waals surface area (Å²) in [5.41, 5.74) is 1.85. The number of carbonyl (C=O) groups is 1. The topological polar surface area (TPSA) is 17.1 Å². The van der Waals surface area contributed by atoms with Crippen molar-refractivity contribution in [1.82, 2.24) is 0 Å². The highest BCUT2D eigenvalue weighted by atomic mass is 79.9. The van der Waals surface area contributed by atoms with Crippen LogP contribution in [0.4, 0.5) is 0 Å². The van der Waals surface area contributed by atoms with Crippen molar-refractivity contribution in [1.29, 1.82) is 0 Å². The highest BCUT2D eigenvalue weighted by Crippen LogP contribution is 2.15. The molecule has 1 nitrogen and oxygen atoms in total. The predicted octanol–water partition coefficient (Wildman–Crippen LogP) is 3.60. The van der Waals surface area contributed by atoms with Crippen LogP contribution in [0.5, 0.6) is 0 Å². The van der Waals surface area contributed by atoms with Gasteiger partial charge in [-0.1, -0.05) is 41.9 Å². The van der Waals surface area contributed by atoms with E-state index in [0.29, 0.717) is 5.56 Å². The molecule has 1 rings (SSSR count). The molecular weight excluding hydrogens is 216 g/mol. The Morgan fingerprint density at radius 1 is 1.33 bits per heavy atom. The molecule has 0 aliphatic carbocycles. The molecule has 1 aromatic rings. The van der Waals surface area contributed by atoms with Crippen LogP contribution < -0.4 is 0 Å². The SMILES string of the molecule is CC.Cc1ccc(C=O)c(Br)c1. The fraction of sp³-hybridized carbons (Fsp3) is 0.300. The van der Waals surface area contributed by atoms with Crippen LogP contribution in [0.15, 0.2) is 22.7 Å². The van der Waals surface area contributed by atoms with Gasteiger partial charge in [-0.2, -0.15) is 0 Å². The molecule has 0 unspecified atom stereocenters. The van der Waals surface area contributed by atoms with Crippen LogP contribution in [0.3, 0.4) is 0 Å². The molecule has 0 heterocycles. The summed E-state index contributed by atoms with van der Waals surface area (Å²) in [5, 5.41) is 0. The zero-order chi connectivity index (χ0) is 9.56. The molecule has 0 N–H and O–H groups in total. The van der Waals surface area contributed by atoms with Crippen molar-refractivity contribution in [2.75, 3.05) is 0 Å². The van der Waals surface area contributed by atoms with Gasteiger partial charge in [0.1, 0.15) is 0 Å². The summed E-state index contributed by atoms with van der Waals surface area (Å²) in [6.45, 7) is 5.99. The first-order valence-corrected chi connectivity index (χ1v) is 4.74. The molecule has 0 aromatic heterocycles. The van der Waals surface area contributed by atoms with Gasteiger partial charge in [-0.25, -0.2) is 0 Å². The van der Waals surface area contributed by atoms with Gasteiger partial charge in [-0.05, 0) is 18.6 Å². The van der Waals surface area contributed by atoms with E-state index in [4.69, 9.17) is 0 Å². The minimum absolute atomic E-state index is 0.700. The van der Waals surface area contributed by atoms with E-state index in [-0.39, 0.29) is 0 Å². The highest BCUT2D eigenvalue weighted by Gasteiger charge is 1.95. The van der Waals surface area contributed by atoms with Crippen LogP contribution in [-0.4, -0.2) is 6.29 Å². The van der Waals surface area contributed by atoms with Gasteiger partial charge in [0.2, 0.25) is 0 Å². The number of carbonyl (C=O) groups excluding carboxylic acids is 1. The van der Waals surface area contributed by atoms with Gasteiger partial charge in [-0.3, -0.25) is 4.79 Å². The lowest BCUT2D eigenvalue weighted by Crippen LogP contribution is -1.81. The standard InChI is InChI=1S/C8H7BrO.C2H6/c1-6-2-3-7(5-10)8(9)4-6;1-2/h2-5H,1H3;1-2H3. The average molecular weight is 229 g/mol. The van der Waals surface area contributed by atoms with E-state index in [1.807, 2.05) is 32.9 Å². The number of hydrogen-bond acceptors (Lipinski definition) is 1. The molecule has 0 aliphatic rings. The summed E-state index contributed by atoms with van der Waals surface area (Å²) in [4.78, 5) is 10.3. The van der Waals surface area contributed by atoms with Crippen molar-refractivity contribution in [3.8, 4) is 0 Å². The lowest BCUT2D eigenvalue weighted by molar-refractivity contribution is 0.112. The molecule has 0 radical (unpaired) electrons. The van der Waals surface area contributed by atoms with Crippen molar-refractivity contribution in [2.24, 2.45) is 0 Å². The monoisotopic (exact) mass is 228 g/mol. The second kappa shape index (κ2) is 5.95. The van der Waals surface area contributed by atoms with Crippen molar-refractivity contribution < 1.29 is 4.79 Å². The van der Waals surface area contributed by atoms with Crippen LogP contribution in [0.1, 0.15) is 29.8 Å². The third kappa shape index (κ3) is 3.18. The third-order valence-corrected chi connectivity index (χ3v) is 1.97. The number of halogens is 1. The van der Waals surface area contributed by atoms with Gasteiger partial charge in [0, 0.05) is 10.0 Å². The van der Waals surface area contributed by atoms with Crippen LogP contribution in [0.2, 0.25) is 0 Å². The van der Waals surface area contributed by atoms with Crippen LogP contribution in [-0.2, 0) is 0 Å². The van der Waals surface area contributed by atoms with Crippen LogP contribution >= 0.6 is 15.9 Å². The molecule has 1 aromatic carbocycles. The Kier molecular flexibility index (Phi) is 5.64. The number of aldehydes is 1. The second-order valence-electron chi connectivity index (χ2n) is 2.14. The van der Waals surface area contributed by atoms with E-state index >= 15 is 0 Å². The lowest BCUT2D eigenvalue weighted by atomic mass is 10.2. The van der Waals surface area contributed by atoms with E-state index < -0.39 is 0 Å². The summed E-state index contributed by atoms with van der Waals surface area (Å²) in [5.74, 6) is 0. The zero-order valence-corrected chi connectivity index (χ0v) is 9.18. The van der Waals surface area contributed by atoms with E-state index in [2.05, 4.69) is 15.9 Å². The Labute approximate surface area is 81.9 Å². The van der Waals surface area contributed by atoms with Gasteiger partial charge >= 0.3 is 0 Å². The average Bonchev–Trinajstić information content (AvgIpc) is 2.08. The first kappa shape index (κ1) is 11.4. The lowest BCUT2D eigenvalue weighted by Gasteiger charge is -1.95. The van der Waals surface area contributed by atoms with Crippen LogP contribution in [0.25, 0.3) is 0 Å². The van der Waals surface area contributed by atoms with E-state index in [9.17, 15) is 4.79 Å². The fourth-order valence-corrected chi connectivity index (χ4v) is 1.31. The van der Waals surface area contributed by atoms with Crippen molar-refractivity contribution in [2.45, 2.75) is 20.8 Å². The molecule has 12 heavy (non-hydrogen) atoms. The minimum atomic E-state index is 0.700. The Morgan fingerprint density at radius 3 is 2.33 bits per heavy atom. The van der Waals surface area contributed by atoms with E-state index in [0.717, 1.165) is 16.3 Å². The zero-order valence-electron chi connectivity index (χ0n) is 7.60. The van der Waals surface area contributed by atoms with Gasteiger partial charge < -0.3 is 0 Å². The smallest absolute Gasteiger partial charge is 0.151 e. The van der Waals surface area contributed by atoms with Gasteiger partial charge in [0.15, 0.2) is 6.29 Å². The quantitative estimate of drug-likeness (QED) is 0.672. The molecule has 0 fully saturated rings. The largest absolute Gasteiger partial charge is 0.298 e.